The maximum Gasteiger partial charge on any atom is 0.0667 e. The van der Waals surface area contributed by atoms with E-state index >= 15 is 0 Å². The molecule has 1 saturated heterocycles. The van der Waals surface area contributed by atoms with Crippen molar-refractivity contribution in [2.75, 3.05) is 5.75 Å². The molecule has 1 aliphatic heterocycles. The Hall–Kier alpha value is -0.130. The van der Waals surface area contributed by atoms with E-state index in [2.05, 4.69) is 11.8 Å². The summed E-state index contributed by atoms with van der Waals surface area (Å²) in [6.45, 7) is 1.85. The summed E-state index contributed by atoms with van der Waals surface area (Å²) in [6, 6.07) is 0. The molecule has 0 spiro atoms. The summed E-state index contributed by atoms with van der Waals surface area (Å²) < 4.78 is 0. The van der Waals surface area contributed by atoms with Crippen molar-refractivity contribution in [3.8, 4) is 11.8 Å². The Morgan fingerprint density at radius 3 is 3.00 bits per heavy atom. The molecule has 2 unspecified atom stereocenters. The first-order valence-corrected chi connectivity index (χ1v) is 6.08. The normalized spacial score (nSPS) is 24.6. The predicted octanol–water partition coefficient (Wildman–Crippen LogP) is 2.44. The fourth-order valence-electron chi connectivity index (χ4n) is 1.60. The molecule has 13 heavy (non-hydrogen) atoms. The minimum atomic E-state index is -0.133. The summed E-state index contributed by atoms with van der Waals surface area (Å²) in [5, 5.41) is 10.3. The molecule has 2 heteroatoms. The summed E-state index contributed by atoms with van der Waals surface area (Å²) in [6.07, 6.45) is 5.35. The molecule has 1 fully saturated rings. The van der Waals surface area contributed by atoms with E-state index in [9.17, 15) is 5.11 Å². The molecule has 0 aliphatic carbocycles. The summed E-state index contributed by atoms with van der Waals surface area (Å²) in [4.78, 5) is 0. The van der Waals surface area contributed by atoms with Crippen LogP contribution in [0.4, 0.5) is 0 Å². The van der Waals surface area contributed by atoms with Crippen LogP contribution in [0.15, 0.2) is 0 Å². The van der Waals surface area contributed by atoms with Crippen LogP contribution in [0.1, 0.15) is 39.0 Å². The molecule has 1 heterocycles. The summed E-state index contributed by atoms with van der Waals surface area (Å²) in [5.41, 5.74) is 0. The largest absolute Gasteiger partial charge is 0.392 e. The quantitative estimate of drug-likeness (QED) is 0.703. The van der Waals surface area contributed by atoms with Crippen LogP contribution < -0.4 is 0 Å². The van der Waals surface area contributed by atoms with E-state index in [-0.39, 0.29) is 6.10 Å². The van der Waals surface area contributed by atoms with Crippen LogP contribution in [-0.2, 0) is 0 Å². The molecule has 1 rings (SSSR count). The van der Waals surface area contributed by atoms with Gasteiger partial charge in [-0.05, 0) is 31.9 Å². The Labute approximate surface area is 85.3 Å². The van der Waals surface area contributed by atoms with Gasteiger partial charge in [0, 0.05) is 11.7 Å². The molecule has 0 aromatic heterocycles. The summed E-state index contributed by atoms with van der Waals surface area (Å²) in [7, 11) is 0. The smallest absolute Gasteiger partial charge is 0.0667 e. The minimum absolute atomic E-state index is 0.133. The lowest BCUT2D eigenvalue weighted by atomic mass is 10.1. The van der Waals surface area contributed by atoms with Crippen LogP contribution in [0.25, 0.3) is 0 Å². The monoisotopic (exact) mass is 198 g/mol. The third-order valence-corrected chi connectivity index (χ3v) is 3.89. The lowest BCUT2D eigenvalue weighted by molar-refractivity contribution is 0.158. The van der Waals surface area contributed by atoms with E-state index < -0.39 is 0 Å². The van der Waals surface area contributed by atoms with Gasteiger partial charge in [0.1, 0.15) is 0 Å². The van der Waals surface area contributed by atoms with Crippen molar-refractivity contribution in [3.05, 3.63) is 0 Å². The molecule has 0 amide bonds. The number of aliphatic hydroxyl groups excluding tert-OH is 1. The van der Waals surface area contributed by atoms with Crippen LogP contribution in [0.3, 0.4) is 0 Å². The van der Waals surface area contributed by atoms with Gasteiger partial charge in [0.05, 0.1) is 6.10 Å². The molecular weight excluding hydrogens is 180 g/mol. The van der Waals surface area contributed by atoms with Crippen molar-refractivity contribution in [2.45, 2.75) is 50.4 Å². The Balaban J connectivity index is 2.19. The van der Waals surface area contributed by atoms with Gasteiger partial charge in [0.25, 0.3) is 0 Å². The summed E-state index contributed by atoms with van der Waals surface area (Å²) in [5.74, 6) is 7.08. The van der Waals surface area contributed by atoms with Gasteiger partial charge < -0.3 is 5.11 Å². The highest BCUT2D eigenvalue weighted by Gasteiger charge is 2.21. The van der Waals surface area contributed by atoms with E-state index in [1.54, 1.807) is 0 Å². The number of rotatable bonds is 3. The number of aliphatic hydroxyl groups is 1. The second-order valence-corrected chi connectivity index (χ2v) is 4.78. The van der Waals surface area contributed by atoms with E-state index in [1.165, 1.54) is 25.0 Å². The number of hydrogen-bond acceptors (Lipinski definition) is 2. The Bertz CT molecular complexity index is 186. The highest BCUT2D eigenvalue weighted by Crippen LogP contribution is 2.28. The topological polar surface area (TPSA) is 20.2 Å². The van der Waals surface area contributed by atoms with Gasteiger partial charge in [0.2, 0.25) is 0 Å². The van der Waals surface area contributed by atoms with E-state index in [4.69, 9.17) is 0 Å². The van der Waals surface area contributed by atoms with E-state index in [1.807, 2.05) is 18.7 Å². The second-order valence-electron chi connectivity index (χ2n) is 3.44. The van der Waals surface area contributed by atoms with Gasteiger partial charge in [-0.2, -0.15) is 11.8 Å². The van der Waals surface area contributed by atoms with Crippen molar-refractivity contribution in [3.63, 3.8) is 0 Å². The Kier molecular flexibility index (Phi) is 5.34. The molecule has 0 aromatic carbocycles. The van der Waals surface area contributed by atoms with Crippen molar-refractivity contribution in [1.82, 2.24) is 0 Å². The lowest BCUT2D eigenvalue weighted by Crippen LogP contribution is -2.25. The molecule has 0 bridgehead atoms. The van der Waals surface area contributed by atoms with E-state index in [0.717, 1.165) is 12.8 Å². The third kappa shape index (κ3) is 4.06. The van der Waals surface area contributed by atoms with Gasteiger partial charge in [-0.25, -0.2) is 0 Å². The van der Waals surface area contributed by atoms with Gasteiger partial charge >= 0.3 is 0 Å². The van der Waals surface area contributed by atoms with Crippen LogP contribution in [-0.4, -0.2) is 22.2 Å². The minimum Gasteiger partial charge on any atom is -0.392 e. The fraction of sp³-hybridized carbons (Fsp3) is 0.818. The van der Waals surface area contributed by atoms with Crippen LogP contribution in [0.5, 0.6) is 0 Å². The van der Waals surface area contributed by atoms with E-state index in [0.29, 0.717) is 5.25 Å². The van der Waals surface area contributed by atoms with Crippen LogP contribution >= 0.6 is 11.8 Å². The lowest BCUT2D eigenvalue weighted by Gasteiger charge is -2.25. The zero-order chi connectivity index (χ0) is 9.52. The molecule has 2 atom stereocenters. The maximum absolute atomic E-state index is 9.81. The average molecular weight is 198 g/mol. The summed E-state index contributed by atoms with van der Waals surface area (Å²) >= 11 is 1.93. The van der Waals surface area contributed by atoms with Gasteiger partial charge in [0.15, 0.2) is 0 Å². The van der Waals surface area contributed by atoms with Gasteiger partial charge in [-0.15, -0.1) is 11.8 Å². The maximum atomic E-state index is 9.81. The van der Waals surface area contributed by atoms with Crippen molar-refractivity contribution in [2.24, 2.45) is 0 Å². The molecule has 0 saturated carbocycles. The zero-order valence-electron chi connectivity index (χ0n) is 8.25. The fourth-order valence-corrected chi connectivity index (χ4v) is 2.97. The Morgan fingerprint density at radius 2 is 2.38 bits per heavy atom. The molecule has 74 valence electrons. The average Bonchev–Trinajstić information content (AvgIpc) is 2.19. The number of hydrogen-bond donors (Lipinski definition) is 1. The molecule has 1 aliphatic rings. The van der Waals surface area contributed by atoms with Crippen molar-refractivity contribution < 1.29 is 5.11 Å². The van der Waals surface area contributed by atoms with Crippen LogP contribution in [0, 0.1) is 11.8 Å². The number of thioether (sulfide) groups is 1. The standard InChI is InChI=1S/C11H18OS/c1-2-3-4-7-10(12)11-8-5-6-9-13-11/h10-12H,4-9H2,1H3. The van der Waals surface area contributed by atoms with Gasteiger partial charge in [-0.3, -0.25) is 0 Å². The second kappa shape index (κ2) is 6.34. The predicted molar refractivity (Wildman–Crippen MR) is 58.8 cm³/mol. The highest BCUT2D eigenvalue weighted by molar-refractivity contribution is 8.00. The Morgan fingerprint density at radius 1 is 1.54 bits per heavy atom. The third-order valence-electron chi connectivity index (χ3n) is 2.39. The molecule has 0 radical (unpaired) electrons. The molecule has 1 nitrogen and oxygen atoms in total. The highest BCUT2D eigenvalue weighted by atomic mass is 32.2. The molecular formula is C11H18OS. The zero-order valence-corrected chi connectivity index (χ0v) is 9.07. The first-order valence-electron chi connectivity index (χ1n) is 5.04. The SMILES string of the molecule is CC#CCCC(O)C1CCCCS1. The molecule has 0 aromatic rings. The van der Waals surface area contributed by atoms with Crippen molar-refractivity contribution in [1.29, 1.82) is 0 Å². The first-order chi connectivity index (χ1) is 6.34. The van der Waals surface area contributed by atoms with Gasteiger partial charge in [-0.1, -0.05) is 6.42 Å². The molecule has 1 N–H and O–H groups in total. The van der Waals surface area contributed by atoms with Crippen molar-refractivity contribution >= 4 is 11.8 Å². The first kappa shape index (κ1) is 10.9. The van der Waals surface area contributed by atoms with Crippen LogP contribution in [0.2, 0.25) is 0 Å².